The number of allylic oxidation sites excluding steroid dienone is 2. The lowest BCUT2D eigenvalue weighted by atomic mass is 10.2. The molecule has 21 heavy (non-hydrogen) atoms. The Morgan fingerprint density at radius 2 is 1.86 bits per heavy atom. The van der Waals surface area contributed by atoms with Gasteiger partial charge in [-0.05, 0) is 26.3 Å². The number of azo groups is 1. The van der Waals surface area contributed by atoms with Crippen LogP contribution in [-0.2, 0) is 9.59 Å². The number of nitrogens with one attached hydrogen (secondary N) is 1. The highest BCUT2D eigenvalue weighted by Crippen LogP contribution is 2.24. The molecule has 2 amide bonds. The third-order valence-corrected chi connectivity index (χ3v) is 3.23. The smallest absolute Gasteiger partial charge is 0.276 e. The molecule has 0 aliphatic carbocycles. The van der Waals surface area contributed by atoms with Gasteiger partial charge < -0.3 is 10.2 Å². The molecule has 0 unspecified atom stereocenters. The van der Waals surface area contributed by atoms with Crippen LogP contribution in [0.5, 0.6) is 0 Å². The largest absolute Gasteiger partial charge is 0.344 e. The van der Waals surface area contributed by atoms with Crippen LogP contribution in [0.2, 0.25) is 0 Å². The monoisotopic (exact) mass is 310 g/mol. The van der Waals surface area contributed by atoms with Gasteiger partial charge in [0.1, 0.15) is 5.70 Å². The van der Waals surface area contributed by atoms with E-state index in [2.05, 4.69) is 22.1 Å². The molecule has 0 heterocycles. The SMILES string of the molecule is C=C(NC(=O)C(N=NC)=C(C)C)S/C(=C\C)C(=O)N(C)C. The summed E-state index contributed by atoms with van der Waals surface area (Å²) in [6.07, 6.45) is 1.68. The number of likely N-dealkylation sites (N-methyl/N-ethyl adjacent to an activating group) is 1. The maximum Gasteiger partial charge on any atom is 0.276 e. The highest BCUT2D eigenvalue weighted by atomic mass is 32.2. The lowest BCUT2D eigenvalue weighted by Crippen LogP contribution is -2.25. The van der Waals surface area contributed by atoms with Crippen LogP contribution in [0, 0.1) is 0 Å². The number of nitrogens with zero attached hydrogens (tertiary/aromatic N) is 3. The van der Waals surface area contributed by atoms with Crippen LogP contribution in [0.4, 0.5) is 0 Å². The number of thioether (sulfide) groups is 1. The second kappa shape index (κ2) is 9.12. The molecule has 0 aromatic heterocycles. The highest BCUT2D eigenvalue weighted by molar-refractivity contribution is 8.07. The van der Waals surface area contributed by atoms with E-state index in [1.807, 2.05) is 0 Å². The van der Waals surface area contributed by atoms with E-state index in [9.17, 15) is 9.59 Å². The minimum atomic E-state index is -0.397. The van der Waals surface area contributed by atoms with Gasteiger partial charge in [-0.2, -0.15) is 10.2 Å². The molecular weight excluding hydrogens is 288 g/mol. The predicted octanol–water partition coefficient (Wildman–Crippen LogP) is 2.67. The lowest BCUT2D eigenvalue weighted by molar-refractivity contribution is -0.124. The second-order valence-corrected chi connectivity index (χ2v) is 5.62. The summed E-state index contributed by atoms with van der Waals surface area (Å²) in [6.45, 7) is 9.05. The zero-order valence-electron chi connectivity index (χ0n) is 13.4. The molecule has 6 nitrogen and oxygen atoms in total. The van der Waals surface area contributed by atoms with E-state index >= 15 is 0 Å². The average Bonchev–Trinajstić information content (AvgIpc) is 2.40. The predicted molar refractivity (Wildman–Crippen MR) is 86.5 cm³/mol. The van der Waals surface area contributed by atoms with Gasteiger partial charge in [-0.15, -0.1) is 0 Å². The molecule has 0 spiro atoms. The van der Waals surface area contributed by atoms with Gasteiger partial charge in [0.25, 0.3) is 11.8 Å². The van der Waals surface area contributed by atoms with Crippen molar-refractivity contribution in [3.05, 3.63) is 33.9 Å². The van der Waals surface area contributed by atoms with E-state index in [1.54, 1.807) is 40.9 Å². The zero-order chi connectivity index (χ0) is 16.6. The molecule has 0 aliphatic heterocycles. The number of hydrogen-bond acceptors (Lipinski definition) is 5. The van der Waals surface area contributed by atoms with Crippen molar-refractivity contribution in [2.75, 3.05) is 21.1 Å². The van der Waals surface area contributed by atoms with Gasteiger partial charge in [0.15, 0.2) is 0 Å². The Hall–Kier alpha value is -1.89. The summed E-state index contributed by atoms with van der Waals surface area (Å²) in [6, 6.07) is 0. The summed E-state index contributed by atoms with van der Waals surface area (Å²) in [5, 5.41) is 10.4. The summed E-state index contributed by atoms with van der Waals surface area (Å²) in [5.41, 5.74) is 0.978. The van der Waals surface area contributed by atoms with E-state index in [0.29, 0.717) is 9.93 Å². The summed E-state index contributed by atoms with van der Waals surface area (Å²) in [5.74, 6) is -0.542. The van der Waals surface area contributed by atoms with Gasteiger partial charge in [-0.1, -0.05) is 24.4 Å². The number of amides is 2. The Labute approximate surface area is 130 Å². The fraction of sp³-hybridized carbons (Fsp3) is 0.429. The summed E-state index contributed by atoms with van der Waals surface area (Å²) >= 11 is 1.11. The number of hydrogen-bond donors (Lipinski definition) is 1. The standard InChI is InChI=1S/C14H22N4O2S/c1-8-11(14(20)18(6)7)21-10(4)16-13(19)12(9(2)3)17-15-5/h8H,4H2,1-3,5-7H3,(H,16,19)/b11-8-,17-15?. The number of carbonyl (C=O) groups is 2. The quantitative estimate of drug-likeness (QED) is 0.605. The Balaban J connectivity index is 4.89. The maximum absolute atomic E-state index is 12.0. The maximum atomic E-state index is 12.0. The van der Waals surface area contributed by atoms with Crippen LogP contribution in [0.1, 0.15) is 20.8 Å². The van der Waals surface area contributed by atoms with Crippen molar-refractivity contribution in [1.29, 1.82) is 0 Å². The van der Waals surface area contributed by atoms with E-state index in [1.165, 1.54) is 11.9 Å². The van der Waals surface area contributed by atoms with Crippen molar-refractivity contribution in [2.24, 2.45) is 10.2 Å². The van der Waals surface area contributed by atoms with Gasteiger partial charge >= 0.3 is 0 Å². The van der Waals surface area contributed by atoms with Crippen molar-refractivity contribution in [1.82, 2.24) is 10.2 Å². The van der Waals surface area contributed by atoms with Crippen molar-refractivity contribution in [2.45, 2.75) is 20.8 Å². The van der Waals surface area contributed by atoms with Crippen molar-refractivity contribution in [3.8, 4) is 0 Å². The molecule has 1 N–H and O–H groups in total. The van der Waals surface area contributed by atoms with E-state index in [-0.39, 0.29) is 11.6 Å². The van der Waals surface area contributed by atoms with Crippen LogP contribution in [0.15, 0.2) is 44.1 Å². The fourth-order valence-electron chi connectivity index (χ4n) is 1.26. The highest BCUT2D eigenvalue weighted by Gasteiger charge is 2.16. The third kappa shape index (κ3) is 6.40. The van der Waals surface area contributed by atoms with Crippen LogP contribution >= 0.6 is 11.8 Å². The minimum Gasteiger partial charge on any atom is -0.344 e. The first kappa shape index (κ1) is 19.1. The summed E-state index contributed by atoms with van der Waals surface area (Å²) in [4.78, 5) is 25.9. The summed E-state index contributed by atoms with van der Waals surface area (Å²) in [7, 11) is 4.82. The fourth-order valence-corrected chi connectivity index (χ4v) is 2.06. The molecule has 0 fully saturated rings. The Morgan fingerprint density at radius 1 is 1.29 bits per heavy atom. The first-order valence-corrected chi connectivity index (χ1v) is 7.09. The van der Waals surface area contributed by atoms with E-state index < -0.39 is 5.91 Å². The molecule has 116 valence electrons. The molecule has 7 heteroatoms. The molecular formula is C14H22N4O2S. The van der Waals surface area contributed by atoms with Crippen LogP contribution in [0.25, 0.3) is 0 Å². The topological polar surface area (TPSA) is 74.1 Å². The van der Waals surface area contributed by atoms with Crippen LogP contribution in [0.3, 0.4) is 0 Å². The molecule has 0 bridgehead atoms. The molecule has 0 aromatic rings. The van der Waals surface area contributed by atoms with Gasteiger partial charge in [-0.25, -0.2) is 0 Å². The number of carbonyl (C=O) groups excluding carboxylic acids is 2. The average molecular weight is 310 g/mol. The third-order valence-electron chi connectivity index (χ3n) is 2.25. The van der Waals surface area contributed by atoms with Gasteiger partial charge in [0, 0.05) is 21.1 Å². The molecule has 0 aromatic carbocycles. The Morgan fingerprint density at radius 3 is 2.24 bits per heavy atom. The number of rotatable bonds is 6. The minimum absolute atomic E-state index is 0.145. The molecule has 0 saturated carbocycles. The van der Waals surface area contributed by atoms with Crippen LogP contribution in [-0.4, -0.2) is 37.9 Å². The van der Waals surface area contributed by atoms with E-state index in [4.69, 9.17) is 0 Å². The zero-order valence-corrected chi connectivity index (χ0v) is 14.2. The normalized spacial score (nSPS) is 11.2. The first-order valence-electron chi connectivity index (χ1n) is 6.27. The second-order valence-electron chi connectivity index (χ2n) is 4.48. The Bertz CT molecular complexity index is 515. The van der Waals surface area contributed by atoms with Crippen LogP contribution < -0.4 is 5.32 Å². The molecule has 0 rings (SSSR count). The van der Waals surface area contributed by atoms with Gasteiger partial charge in [-0.3, -0.25) is 9.59 Å². The van der Waals surface area contributed by atoms with Gasteiger partial charge in [0.05, 0.1) is 9.93 Å². The van der Waals surface area contributed by atoms with Crippen molar-refractivity contribution in [3.63, 3.8) is 0 Å². The lowest BCUT2D eigenvalue weighted by Gasteiger charge is -2.14. The molecule has 0 aliphatic rings. The van der Waals surface area contributed by atoms with Gasteiger partial charge in [0.2, 0.25) is 0 Å². The molecule has 0 atom stereocenters. The summed E-state index contributed by atoms with van der Waals surface area (Å²) < 4.78 is 0. The molecule has 0 saturated heterocycles. The van der Waals surface area contributed by atoms with E-state index in [0.717, 1.165) is 17.3 Å². The van der Waals surface area contributed by atoms with Crippen molar-refractivity contribution < 1.29 is 9.59 Å². The van der Waals surface area contributed by atoms with Crippen molar-refractivity contribution >= 4 is 23.6 Å². The molecule has 0 radical (unpaired) electrons. The first-order chi connectivity index (χ1) is 9.74. The Kier molecular flexibility index (Phi) is 8.30.